The Bertz CT molecular complexity index is 211. The van der Waals surface area contributed by atoms with Crippen LogP contribution in [0.2, 0.25) is 0 Å². The normalized spacial score (nSPS) is 26.7. The van der Waals surface area contributed by atoms with Crippen molar-refractivity contribution in [2.24, 2.45) is 0 Å². The number of morpholine rings is 1. The van der Waals surface area contributed by atoms with E-state index in [0.717, 1.165) is 19.4 Å². The standard InChI is InChI=1S/C10H18N2O3/c13-10(12-3-6-14-7-4-12)11-8-9-2-1-5-15-9/h9H,1-8H2,(H,11,13). The molecule has 1 atom stereocenters. The van der Waals surface area contributed by atoms with Crippen LogP contribution in [0.15, 0.2) is 0 Å². The number of amides is 2. The Morgan fingerprint density at radius 1 is 1.33 bits per heavy atom. The van der Waals surface area contributed by atoms with Crippen LogP contribution >= 0.6 is 0 Å². The predicted molar refractivity (Wildman–Crippen MR) is 54.8 cm³/mol. The summed E-state index contributed by atoms with van der Waals surface area (Å²) in [7, 11) is 0. The van der Waals surface area contributed by atoms with Crippen LogP contribution in [0.3, 0.4) is 0 Å². The number of nitrogens with one attached hydrogen (secondary N) is 1. The molecule has 2 aliphatic rings. The van der Waals surface area contributed by atoms with E-state index in [1.54, 1.807) is 4.90 Å². The lowest BCUT2D eigenvalue weighted by atomic mass is 10.2. The minimum atomic E-state index is 0.00815. The van der Waals surface area contributed by atoms with Gasteiger partial charge in [0, 0.05) is 26.2 Å². The molecule has 0 aromatic rings. The van der Waals surface area contributed by atoms with Crippen molar-refractivity contribution >= 4 is 6.03 Å². The number of urea groups is 1. The van der Waals surface area contributed by atoms with Gasteiger partial charge in [0.2, 0.25) is 0 Å². The highest BCUT2D eigenvalue weighted by atomic mass is 16.5. The molecule has 0 bridgehead atoms. The van der Waals surface area contributed by atoms with Gasteiger partial charge in [-0.25, -0.2) is 4.79 Å². The van der Waals surface area contributed by atoms with Gasteiger partial charge in [-0.2, -0.15) is 0 Å². The zero-order chi connectivity index (χ0) is 10.5. The third-order valence-corrected chi connectivity index (χ3v) is 2.80. The Labute approximate surface area is 89.7 Å². The summed E-state index contributed by atoms with van der Waals surface area (Å²) in [6, 6.07) is 0.00815. The number of ether oxygens (including phenoxy) is 2. The molecule has 2 saturated heterocycles. The van der Waals surface area contributed by atoms with Gasteiger partial charge in [-0.15, -0.1) is 0 Å². The van der Waals surface area contributed by atoms with Crippen LogP contribution in [0.1, 0.15) is 12.8 Å². The average Bonchev–Trinajstić information content (AvgIpc) is 2.80. The topological polar surface area (TPSA) is 50.8 Å². The summed E-state index contributed by atoms with van der Waals surface area (Å²) in [5.41, 5.74) is 0. The summed E-state index contributed by atoms with van der Waals surface area (Å²) in [4.78, 5) is 13.4. The molecule has 0 radical (unpaired) electrons. The fourth-order valence-electron chi connectivity index (χ4n) is 1.88. The highest BCUT2D eigenvalue weighted by Gasteiger charge is 2.19. The van der Waals surface area contributed by atoms with E-state index in [9.17, 15) is 4.79 Å². The van der Waals surface area contributed by atoms with Gasteiger partial charge in [0.15, 0.2) is 0 Å². The van der Waals surface area contributed by atoms with E-state index in [0.29, 0.717) is 32.8 Å². The number of carbonyl (C=O) groups is 1. The molecule has 0 aromatic heterocycles. The second-order valence-corrected chi connectivity index (χ2v) is 3.92. The molecule has 1 unspecified atom stereocenters. The number of nitrogens with zero attached hydrogens (tertiary/aromatic N) is 1. The van der Waals surface area contributed by atoms with E-state index in [1.807, 2.05) is 0 Å². The fourth-order valence-corrected chi connectivity index (χ4v) is 1.88. The first-order chi connectivity index (χ1) is 7.36. The maximum absolute atomic E-state index is 11.7. The molecule has 2 aliphatic heterocycles. The van der Waals surface area contributed by atoms with Gasteiger partial charge in [-0.3, -0.25) is 0 Å². The number of hydrogen-bond acceptors (Lipinski definition) is 3. The predicted octanol–water partition coefficient (Wildman–Crippen LogP) is 0.207. The summed E-state index contributed by atoms with van der Waals surface area (Å²) >= 11 is 0. The third-order valence-electron chi connectivity index (χ3n) is 2.80. The second kappa shape index (κ2) is 5.32. The molecule has 86 valence electrons. The van der Waals surface area contributed by atoms with Crippen LogP contribution in [0.25, 0.3) is 0 Å². The van der Waals surface area contributed by atoms with Crippen molar-refractivity contribution in [1.82, 2.24) is 10.2 Å². The lowest BCUT2D eigenvalue weighted by Gasteiger charge is -2.27. The Balaban J connectivity index is 1.66. The van der Waals surface area contributed by atoms with Crippen molar-refractivity contribution in [2.75, 3.05) is 39.5 Å². The van der Waals surface area contributed by atoms with E-state index in [4.69, 9.17) is 9.47 Å². The number of hydrogen-bond donors (Lipinski definition) is 1. The molecule has 1 N–H and O–H groups in total. The van der Waals surface area contributed by atoms with Crippen molar-refractivity contribution in [3.63, 3.8) is 0 Å². The van der Waals surface area contributed by atoms with E-state index < -0.39 is 0 Å². The molecule has 2 amide bonds. The highest BCUT2D eigenvalue weighted by molar-refractivity contribution is 5.74. The van der Waals surface area contributed by atoms with Crippen LogP contribution in [0, 0.1) is 0 Å². The van der Waals surface area contributed by atoms with Gasteiger partial charge >= 0.3 is 6.03 Å². The minimum absolute atomic E-state index is 0.00815. The molecule has 2 heterocycles. The van der Waals surface area contributed by atoms with Crippen LogP contribution in [-0.2, 0) is 9.47 Å². The Morgan fingerprint density at radius 2 is 2.13 bits per heavy atom. The summed E-state index contributed by atoms with van der Waals surface area (Å²) in [5, 5.41) is 2.90. The van der Waals surface area contributed by atoms with Gasteiger partial charge < -0.3 is 19.7 Å². The van der Waals surface area contributed by atoms with Gasteiger partial charge in [0.1, 0.15) is 0 Å². The molecule has 5 nitrogen and oxygen atoms in total. The molecular weight excluding hydrogens is 196 g/mol. The second-order valence-electron chi connectivity index (χ2n) is 3.92. The van der Waals surface area contributed by atoms with Crippen molar-refractivity contribution in [1.29, 1.82) is 0 Å². The molecule has 0 spiro atoms. The Hall–Kier alpha value is -0.810. The fraction of sp³-hybridized carbons (Fsp3) is 0.900. The SMILES string of the molecule is O=C(NCC1CCCO1)N1CCOCC1. The van der Waals surface area contributed by atoms with Crippen molar-refractivity contribution in [3.8, 4) is 0 Å². The molecule has 15 heavy (non-hydrogen) atoms. The summed E-state index contributed by atoms with van der Waals surface area (Å²) < 4.78 is 10.6. The van der Waals surface area contributed by atoms with Crippen molar-refractivity contribution in [3.05, 3.63) is 0 Å². The zero-order valence-corrected chi connectivity index (χ0v) is 8.91. The van der Waals surface area contributed by atoms with E-state index in [2.05, 4.69) is 5.32 Å². The largest absolute Gasteiger partial charge is 0.378 e. The van der Waals surface area contributed by atoms with E-state index in [1.165, 1.54) is 0 Å². The van der Waals surface area contributed by atoms with Gasteiger partial charge in [0.05, 0.1) is 19.3 Å². The first-order valence-corrected chi connectivity index (χ1v) is 5.58. The quantitative estimate of drug-likeness (QED) is 0.714. The van der Waals surface area contributed by atoms with Crippen molar-refractivity contribution < 1.29 is 14.3 Å². The summed E-state index contributed by atoms with van der Waals surface area (Å²) in [5.74, 6) is 0. The molecule has 2 rings (SSSR count). The van der Waals surface area contributed by atoms with Crippen LogP contribution in [-0.4, -0.2) is 56.5 Å². The first kappa shape index (κ1) is 10.7. The maximum atomic E-state index is 11.7. The number of rotatable bonds is 2. The Kier molecular flexibility index (Phi) is 3.80. The first-order valence-electron chi connectivity index (χ1n) is 5.58. The highest BCUT2D eigenvalue weighted by Crippen LogP contribution is 2.10. The van der Waals surface area contributed by atoms with Crippen LogP contribution < -0.4 is 5.32 Å². The molecule has 0 aliphatic carbocycles. The van der Waals surface area contributed by atoms with Crippen LogP contribution in [0.5, 0.6) is 0 Å². The average molecular weight is 214 g/mol. The minimum Gasteiger partial charge on any atom is -0.378 e. The van der Waals surface area contributed by atoms with Crippen molar-refractivity contribution in [2.45, 2.75) is 18.9 Å². The van der Waals surface area contributed by atoms with Gasteiger partial charge in [-0.05, 0) is 12.8 Å². The number of carbonyl (C=O) groups excluding carboxylic acids is 1. The van der Waals surface area contributed by atoms with E-state index in [-0.39, 0.29) is 12.1 Å². The lowest BCUT2D eigenvalue weighted by molar-refractivity contribution is 0.0513. The smallest absolute Gasteiger partial charge is 0.317 e. The molecule has 0 aromatic carbocycles. The molecular formula is C10H18N2O3. The Morgan fingerprint density at radius 3 is 2.80 bits per heavy atom. The maximum Gasteiger partial charge on any atom is 0.317 e. The monoisotopic (exact) mass is 214 g/mol. The lowest BCUT2D eigenvalue weighted by Crippen LogP contribution is -2.47. The summed E-state index contributed by atoms with van der Waals surface area (Å²) in [6.45, 7) is 4.14. The van der Waals surface area contributed by atoms with E-state index >= 15 is 0 Å². The third kappa shape index (κ3) is 3.07. The zero-order valence-electron chi connectivity index (χ0n) is 8.91. The molecule has 0 saturated carbocycles. The van der Waals surface area contributed by atoms with Gasteiger partial charge in [-0.1, -0.05) is 0 Å². The molecule has 2 fully saturated rings. The van der Waals surface area contributed by atoms with Gasteiger partial charge in [0.25, 0.3) is 0 Å². The van der Waals surface area contributed by atoms with Crippen LogP contribution in [0.4, 0.5) is 4.79 Å². The molecule has 5 heteroatoms. The summed E-state index contributed by atoms with van der Waals surface area (Å²) in [6.07, 6.45) is 2.39.